The van der Waals surface area contributed by atoms with Crippen molar-refractivity contribution in [1.29, 1.82) is 0 Å². The fourth-order valence-corrected chi connectivity index (χ4v) is 0.996. The van der Waals surface area contributed by atoms with Crippen LogP contribution in [0, 0.1) is 21.8 Å². The Balaban J connectivity index is -0.000000270. The fraction of sp³-hybridized carbons (Fsp3) is 0.111. The fourth-order valence-electron chi connectivity index (χ4n) is 0.615. The number of rotatable bonds is 0. The summed E-state index contributed by atoms with van der Waals surface area (Å²) in [5.74, 6) is 0. The monoisotopic (exact) mass is 379 g/mol. The second kappa shape index (κ2) is 7.97. The number of hydrogen-bond donors (Lipinski definition) is 0. The first kappa shape index (κ1) is 18.2. The summed E-state index contributed by atoms with van der Waals surface area (Å²) < 4.78 is 0. The molecule has 70 valence electrons. The third-order valence-electron chi connectivity index (χ3n) is 1.10. The Morgan fingerprint density at radius 1 is 1.00 bits per heavy atom. The summed E-state index contributed by atoms with van der Waals surface area (Å²) in [6, 6.07) is 5.75. The van der Waals surface area contributed by atoms with Crippen LogP contribution in [0.25, 0.3) is 0 Å². The van der Waals surface area contributed by atoms with Crippen molar-refractivity contribution in [3.63, 3.8) is 0 Å². The van der Waals surface area contributed by atoms with Gasteiger partial charge in [-0.2, -0.15) is 9.79 Å². The van der Waals surface area contributed by atoms with Gasteiger partial charge in [-0.25, -0.2) is 0 Å². The predicted molar refractivity (Wildman–Crippen MR) is 55.3 cm³/mol. The van der Waals surface area contributed by atoms with Crippen molar-refractivity contribution in [2.45, 2.75) is 16.7 Å². The maximum absolute atomic E-state index is 4.94. The number of hydrogen-bond acceptors (Lipinski definition) is 2. The predicted octanol–water partition coefficient (Wildman–Crippen LogP) is 2.70. The third-order valence-corrected chi connectivity index (χ3v) is 1.92. The van der Waals surface area contributed by atoms with Crippen LogP contribution < -0.4 is 0 Å². The molecule has 1 rings (SSSR count). The quantitative estimate of drug-likeness (QED) is 0.502. The molecule has 0 unspecified atom stereocenters. The van der Waals surface area contributed by atoms with Gasteiger partial charge >= 0.3 is 21.1 Å². The van der Waals surface area contributed by atoms with E-state index in [0.29, 0.717) is 0 Å². The van der Waals surface area contributed by atoms with Crippen molar-refractivity contribution in [2.24, 2.45) is 0 Å². The van der Waals surface area contributed by atoms with Crippen molar-refractivity contribution in [1.82, 2.24) is 0 Å². The summed E-state index contributed by atoms with van der Waals surface area (Å²) >= 11 is 9.85. The van der Waals surface area contributed by atoms with Crippen LogP contribution in [0.2, 0.25) is 0 Å². The van der Waals surface area contributed by atoms with Crippen LogP contribution in [-0.2, 0) is 46.3 Å². The zero-order valence-electron chi connectivity index (χ0n) is 7.36. The van der Waals surface area contributed by atoms with Crippen molar-refractivity contribution in [3.8, 4) is 0 Å². The van der Waals surface area contributed by atoms with Gasteiger partial charge in [0.1, 0.15) is 0 Å². The number of aryl methyl sites for hydroxylation is 1. The zero-order valence-corrected chi connectivity index (χ0v) is 11.3. The molecule has 0 heterocycles. The second-order valence-electron chi connectivity index (χ2n) is 1.95. The van der Waals surface area contributed by atoms with Crippen molar-refractivity contribution < 1.29 is 21.1 Å². The van der Waals surface area contributed by atoms with Gasteiger partial charge in [-0.05, 0) is 6.92 Å². The molecule has 3 heteroatoms. The molecule has 0 fully saturated rings. The molecule has 0 amide bonds. The van der Waals surface area contributed by atoms with E-state index < -0.39 is 0 Å². The molecule has 1 aromatic rings. The first-order chi connectivity index (χ1) is 4.20. The van der Waals surface area contributed by atoms with E-state index in [0.717, 1.165) is 9.79 Å². The average Bonchev–Trinajstić information content (AvgIpc) is 1.80. The van der Waals surface area contributed by atoms with Gasteiger partial charge < -0.3 is 40.1 Å². The van der Waals surface area contributed by atoms with E-state index in [1.54, 1.807) is 0 Å². The Bertz CT molecular complexity index is 224. The molecule has 0 aromatic heterocycles. The normalized spacial score (nSPS) is 7.08. The van der Waals surface area contributed by atoms with Crippen LogP contribution >= 0.6 is 0 Å². The van der Waals surface area contributed by atoms with Crippen molar-refractivity contribution in [2.75, 3.05) is 0 Å². The minimum Gasteiger partial charge on any atom is -0.781 e. The summed E-state index contributed by atoms with van der Waals surface area (Å²) in [7, 11) is 0. The Kier molecular flexibility index (Phi) is 12.1. The van der Waals surface area contributed by atoms with Gasteiger partial charge in [0, 0.05) is 0 Å². The van der Waals surface area contributed by atoms with Crippen molar-refractivity contribution >= 4 is 25.3 Å². The summed E-state index contributed by atoms with van der Waals surface area (Å²) in [4.78, 5) is 1.56. The van der Waals surface area contributed by atoms with Crippen LogP contribution in [0.5, 0.6) is 0 Å². The van der Waals surface area contributed by atoms with Gasteiger partial charge in [0.2, 0.25) is 0 Å². The zero-order chi connectivity index (χ0) is 6.85. The Hall–Kier alpha value is 0.348. The Morgan fingerprint density at radius 2 is 1.50 bits per heavy atom. The maximum Gasteiger partial charge on any atom is 4.00 e. The summed E-state index contributed by atoms with van der Waals surface area (Å²) in [6.07, 6.45) is 0. The maximum atomic E-state index is 4.94. The molecule has 0 saturated heterocycles. The van der Waals surface area contributed by atoms with E-state index in [-0.39, 0.29) is 35.9 Å². The van der Waals surface area contributed by atoms with Crippen LogP contribution in [0.1, 0.15) is 5.56 Å². The number of benzene rings is 1. The molecular formula is C9H12PtS2. The largest absolute Gasteiger partial charge is 4.00 e. The van der Waals surface area contributed by atoms with Gasteiger partial charge in [-0.15, -0.1) is 0 Å². The van der Waals surface area contributed by atoms with Crippen LogP contribution in [0.15, 0.2) is 28.0 Å². The second-order valence-corrected chi connectivity index (χ2v) is 2.83. The van der Waals surface area contributed by atoms with E-state index in [4.69, 9.17) is 25.3 Å². The molecule has 0 bridgehead atoms. The molecule has 0 N–H and O–H groups in total. The first-order valence-electron chi connectivity index (χ1n) is 2.65. The Morgan fingerprint density at radius 3 is 1.83 bits per heavy atom. The molecule has 12 heavy (non-hydrogen) atoms. The van der Waals surface area contributed by atoms with Crippen molar-refractivity contribution in [3.05, 3.63) is 38.6 Å². The van der Waals surface area contributed by atoms with Gasteiger partial charge in [0.25, 0.3) is 0 Å². The van der Waals surface area contributed by atoms with Crippen LogP contribution in [-0.4, -0.2) is 0 Å². The molecule has 0 aliphatic rings. The van der Waals surface area contributed by atoms with E-state index in [2.05, 4.69) is 0 Å². The summed E-state index contributed by atoms with van der Waals surface area (Å²) in [5, 5.41) is 0. The standard InChI is InChI=1S/C7H8S2.2CH3.Pt/c1-5-2-3-6(8)7(9)4-5;;;/h2-4,8-9H,1H3;2*1H3;/q;2*-1;+4/p-2. The van der Waals surface area contributed by atoms with Crippen LogP contribution in [0.3, 0.4) is 0 Å². The van der Waals surface area contributed by atoms with Gasteiger partial charge in [0.15, 0.2) is 0 Å². The van der Waals surface area contributed by atoms with E-state index in [1.165, 1.54) is 5.56 Å². The smallest absolute Gasteiger partial charge is 0.781 e. The molecule has 0 atom stereocenters. The molecule has 0 radical (unpaired) electrons. The molecule has 0 nitrogen and oxygen atoms in total. The first-order valence-corrected chi connectivity index (χ1v) is 3.46. The third kappa shape index (κ3) is 5.08. The van der Waals surface area contributed by atoms with Gasteiger partial charge in [-0.1, -0.05) is 23.8 Å². The van der Waals surface area contributed by atoms with E-state index >= 15 is 0 Å². The minimum absolute atomic E-state index is 0. The van der Waals surface area contributed by atoms with Gasteiger partial charge in [0.05, 0.1) is 0 Å². The minimum atomic E-state index is 0. The van der Waals surface area contributed by atoms with Gasteiger partial charge in [-0.3, -0.25) is 0 Å². The molecule has 0 aliphatic carbocycles. The molecule has 1 aromatic carbocycles. The Labute approximate surface area is 101 Å². The SMILES string of the molecule is Cc1ccc([S-])c([S-])c1.[CH3-].[CH3-].[Pt+4]. The average molecular weight is 379 g/mol. The van der Waals surface area contributed by atoms with Crippen LogP contribution in [0.4, 0.5) is 0 Å². The summed E-state index contributed by atoms with van der Waals surface area (Å²) in [6.45, 7) is 2.00. The molecule has 0 spiro atoms. The van der Waals surface area contributed by atoms with E-state index in [1.807, 2.05) is 25.1 Å². The summed E-state index contributed by atoms with van der Waals surface area (Å²) in [5.41, 5.74) is 1.17. The topological polar surface area (TPSA) is 0 Å². The molecule has 0 saturated carbocycles. The molecule has 0 aliphatic heterocycles. The molecular weight excluding hydrogens is 367 g/mol. The van der Waals surface area contributed by atoms with E-state index in [9.17, 15) is 0 Å².